The van der Waals surface area contributed by atoms with Crippen molar-refractivity contribution in [3.05, 3.63) is 77.2 Å². The van der Waals surface area contributed by atoms with E-state index in [1.165, 1.54) is 11.6 Å². The molecule has 0 bridgehead atoms. The van der Waals surface area contributed by atoms with E-state index in [1.807, 2.05) is 18.2 Å². The van der Waals surface area contributed by atoms with Crippen LogP contribution >= 0.6 is 0 Å². The summed E-state index contributed by atoms with van der Waals surface area (Å²) in [5, 5.41) is 9.57. The summed E-state index contributed by atoms with van der Waals surface area (Å²) in [6.45, 7) is 1.00. The van der Waals surface area contributed by atoms with Gasteiger partial charge in [0, 0.05) is 12.1 Å². The molecule has 132 valence electrons. The Kier molecular flexibility index (Phi) is 4.50. The van der Waals surface area contributed by atoms with Crippen LogP contribution in [0, 0.1) is 5.82 Å². The predicted octanol–water partition coefficient (Wildman–Crippen LogP) is 3.26. The first-order chi connectivity index (χ1) is 12.7. The molecule has 26 heavy (non-hydrogen) atoms. The zero-order valence-corrected chi connectivity index (χ0v) is 14.0. The molecule has 0 unspecified atom stereocenters. The summed E-state index contributed by atoms with van der Waals surface area (Å²) in [5.41, 5.74) is 3.39. The highest BCUT2D eigenvalue weighted by Crippen LogP contribution is 2.26. The van der Waals surface area contributed by atoms with Crippen molar-refractivity contribution < 1.29 is 13.9 Å². The quantitative estimate of drug-likeness (QED) is 0.758. The van der Waals surface area contributed by atoms with Crippen LogP contribution in [0.2, 0.25) is 0 Å². The van der Waals surface area contributed by atoms with E-state index < -0.39 is 0 Å². The summed E-state index contributed by atoms with van der Waals surface area (Å²) in [7, 11) is 0. The third kappa shape index (κ3) is 3.23. The van der Waals surface area contributed by atoms with Gasteiger partial charge in [-0.2, -0.15) is 5.10 Å². The predicted molar refractivity (Wildman–Crippen MR) is 95.2 cm³/mol. The van der Waals surface area contributed by atoms with Gasteiger partial charge in [0.05, 0.1) is 12.3 Å². The number of nitrogens with one attached hydrogen (secondary N) is 2. The second-order valence-corrected chi connectivity index (χ2v) is 6.16. The molecule has 0 spiro atoms. The van der Waals surface area contributed by atoms with E-state index in [9.17, 15) is 9.18 Å². The number of hydrogen-bond acceptors (Lipinski definition) is 3. The minimum Gasteiger partial charge on any atom is -0.371 e. The number of halogens is 1. The fraction of sp³-hybridized carbons (Fsp3) is 0.200. The second kappa shape index (κ2) is 7.09. The molecule has 6 heteroatoms. The second-order valence-electron chi connectivity index (χ2n) is 6.16. The Balaban J connectivity index is 1.45. The average molecular weight is 351 g/mol. The summed E-state index contributed by atoms with van der Waals surface area (Å²) in [6, 6.07) is 16.0. The van der Waals surface area contributed by atoms with Gasteiger partial charge in [0.25, 0.3) is 5.91 Å². The third-order valence-corrected chi connectivity index (χ3v) is 4.51. The highest BCUT2D eigenvalue weighted by Gasteiger charge is 2.21. The van der Waals surface area contributed by atoms with Crippen LogP contribution in [0.3, 0.4) is 0 Å². The van der Waals surface area contributed by atoms with Crippen molar-refractivity contribution in [3.8, 4) is 11.3 Å². The molecule has 1 atom stereocenters. The van der Waals surface area contributed by atoms with E-state index in [0.717, 1.165) is 12.0 Å². The highest BCUT2D eigenvalue weighted by atomic mass is 19.1. The van der Waals surface area contributed by atoms with Gasteiger partial charge in [-0.25, -0.2) is 4.39 Å². The van der Waals surface area contributed by atoms with Gasteiger partial charge in [0.15, 0.2) is 0 Å². The van der Waals surface area contributed by atoms with Crippen LogP contribution in [-0.2, 0) is 11.2 Å². The SMILES string of the molecule is O=C(NC[C@@H]1OCCc2ccccc21)c1cc(-c2ccccc2F)n[nH]1. The molecule has 1 aliphatic heterocycles. The molecule has 1 aliphatic rings. The highest BCUT2D eigenvalue weighted by molar-refractivity contribution is 5.93. The zero-order chi connectivity index (χ0) is 17.9. The van der Waals surface area contributed by atoms with Crippen molar-refractivity contribution in [2.24, 2.45) is 0 Å². The minimum absolute atomic E-state index is 0.169. The molecule has 0 radical (unpaired) electrons. The number of benzene rings is 2. The van der Waals surface area contributed by atoms with Crippen molar-refractivity contribution >= 4 is 5.91 Å². The first-order valence-corrected chi connectivity index (χ1v) is 8.50. The maximum absolute atomic E-state index is 13.8. The smallest absolute Gasteiger partial charge is 0.269 e. The first-order valence-electron chi connectivity index (χ1n) is 8.50. The zero-order valence-electron chi connectivity index (χ0n) is 14.0. The molecule has 0 saturated heterocycles. The molecule has 1 aromatic heterocycles. The molecule has 1 amide bonds. The van der Waals surface area contributed by atoms with Gasteiger partial charge in [-0.05, 0) is 35.7 Å². The number of rotatable bonds is 4. The molecule has 4 rings (SSSR count). The van der Waals surface area contributed by atoms with Gasteiger partial charge in [-0.1, -0.05) is 36.4 Å². The molecule has 2 heterocycles. The van der Waals surface area contributed by atoms with Gasteiger partial charge in [0.1, 0.15) is 17.6 Å². The fourth-order valence-electron chi connectivity index (χ4n) is 3.17. The molecular weight excluding hydrogens is 333 g/mol. The Morgan fingerprint density at radius 1 is 1.23 bits per heavy atom. The topological polar surface area (TPSA) is 67.0 Å². The van der Waals surface area contributed by atoms with Gasteiger partial charge < -0.3 is 10.1 Å². The van der Waals surface area contributed by atoms with Crippen molar-refractivity contribution in [2.75, 3.05) is 13.2 Å². The van der Waals surface area contributed by atoms with Crippen LogP contribution in [0.5, 0.6) is 0 Å². The van der Waals surface area contributed by atoms with Crippen LogP contribution in [-0.4, -0.2) is 29.3 Å². The van der Waals surface area contributed by atoms with E-state index in [0.29, 0.717) is 24.4 Å². The maximum Gasteiger partial charge on any atom is 0.269 e. The lowest BCUT2D eigenvalue weighted by molar-refractivity contribution is 0.0411. The number of H-pyrrole nitrogens is 1. The van der Waals surface area contributed by atoms with Crippen molar-refractivity contribution in [1.29, 1.82) is 0 Å². The van der Waals surface area contributed by atoms with Gasteiger partial charge in [0.2, 0.25) is 0 Å². The summed E-state index contributed by atoms with van der Waals surface area (Å²) < 4.78 is 19.6. The van der Waals surface area contributed by atoms with Crippen LogP contribution in [0.15, 0.2) is 54.6 Å². The van der Waals surface area contributed by atoms with E-state index >= 15 is 0 Å². The lowest BCUT2D eigenvalue weighted by Gasteiger charge is -2.26. The summed E-state index contributed by atoms with van der Waals surface area (Å²) in [5.74, 6) is -0.676. The van der Waals surface area contributed by atoms with Gasteiger partial charge in [-0.3, -0.25) is 9.89 Å². The standard InChI is InChI=1S/C20H18FN3O2/c21-16-8-4-3-7-15(16)17-11-18(24-23-17)20(25)22-12-19-14-6-2-1-5-13(14)9-10-26-19/h1-8,11,19H,9-10,12H2,(H,22,25)(H,23,24)/t19-/m0/s1. The number of carbonyl (C=O) groups excluding carboxylic acids is 1. The Morgan fingerprint density at radius 3 is 2.92 bits per heavy atom. The monoisotopic (exact) mass is 351 g/mol. The molecule has 0 aliphatic carbocycles. The normalized spacial score (nSPS) is 16.1. The average Bonchev–Trinajstić information content (AvgIpc) is 3.16. The van der Waals surface area contributed by atoms with Crippen molar-refractivity contribution in [1.82, 2.24) is 15.5 Å². The van der Waals surface area contributed by atoms with Gasteiger partial charge >= 0.3 is 0 Å². The maximum atomic E-state index is 13.8. The number of fused-ring (bicyclic) bond motifs is 1. The first kappa shape index (κ1) is 16.5. The van der Waals surface area contributed by atoms with E-state index in [-0.39, 0.29) is 23.5 Å². The Morgan fingerprint density at radius 2 is 2.04 bits per heavy atom. The largest absolute Gasteiger partial charge is 0.371 e. The van der Waals surface area contributed by atoms with Crippen LogP contribution in [0.1, 0.15) is 27.7 Å². The van der Waals surface area contributed by atoms with E-state index in [4.69, 9.17) is 4.74 Å². The van der Waals surface area contributed by atoms with E-state index in [2.05, 4.69) is 21.6 Å². The Hall–Kier alpha value is -2.99. The number of aromatic amines is 1. The van der Waals surface area contributed by atoms with Crippen LogP contribution < -0.4 is 5.32 Å². The lowest BCUT2D eigenvalue weighted by atomic mass is 9.97. The fourth-order valence-corrected chi connectivity index (χ4v) is 3.17. The molecular formula is C20H18FN3O2. The lowest BCUT2D eigenvalue weighted by Crippen LogP contribution is -2.32. The molecule has 2 aromatic carbocycles. The summed E-state index contributed by atoms with van der Waals surface area (Å²) in [6.07, 6.45) is 0.713. The number of hydrogen-bond donors (Lipinski definition) is 2. The summed E-state index contributed by atoms with van der Waals surface area (Å²) in [4.78, 5) is 12.4. The molecule has 0 saturated carbocycles. The summed E-state index contributed by atoms with van der Waals surface area (Å²) >= 11 is 0. The van der Waals surface area contributed by atoms with Crippen molar-refractivity contribution in [3.63, 3.8) is 0 Å². The number of carbonyl (C=O) groups is 1. The number of ether oxygens (including phenoxy) is 1. The van der Waals surface area contributed by atoms with E-state index in [1.54, 1.807) is 24.3 Å². The number of amides is 1. The number of aromatic nitrogens is 2. The van der Waals surface area contributed by atoms with Crippen molar-refractivity contribution in [2.45, 2.75) is 12.5 Å². The Labute approximate surface area is 150 Å². The number of nitrogens with zero attached hydrogens (tertiary/aromatic N) is 1. The van der Waals surface area contributed by atoms with Gasteiger partial charge in [-0.15, -0.1) is 0 Å². The molecule has 0 fully saturated rings. The molecule has 2 N–H and O–H groups in total. The van der Waals surface area contributed by atoms with Crippen LogP contribution in [0.25, 0.3) is 11.3 Å². The third-order valence-electron chi connectivity index (χ3n) is 4.51. The molecule has 5 nitrogen and oxygen atoms in total. The molecule has 3 aromatic rings. The Bertz CT molecular complexity index is 938. The minimum atomic E-state index is -0.377. The van der Waals surface area contributed by atoms with Crippen LogP contribution in [0.4, 0.5) is 4.39 Å².